The number of nitrogens with zero attached hydrogens (tertiary/aromatic N) is 6. The molecule has 0 atom stereocenters. The Morgan fingerprint density at radius 1 is 1.15 bits per heavy atom. The molecule has 0 aliphatic carbocycles. The minimum atomic E-state index is -3.31. The summed E-state index contributed by atoms with van der Waals surface area (Å²) in [6.07, 6.45) is 6.17. The Kier molecular flexibility index (Phi) is 5.64. The third-order valence-corrected chi connectivity index (χ3v) is 7.27. The van der Waals surface area contributed by atoms with Gasteiger partial charge in [0, 0.05) is 51.7 Å². The van der Waals surface area contributed by atoms with Gasteiger partial charge >= 0.3 is 0 Å². The molecule has 1 aliphatic heterocycles. The van der Waals surface area contributed by atoms with Crippen LogP contribution in [0.3, 0.4) is 0 Å². The van der Waals surface area contributed by atoms with Crippen LogP contribution in [0, 0.1) is 19.8 Å². The summed E-state index contributed by atoms with van der Waals surface area (Å²) in [5.41, 5.74) is 4.86. The predicted octanol–water partition coefficient (Wildman–Crippen LogP) is 1.55. The summed E-state index contributed by atoms with van der Waals surface area (Å²) in [7, 11) is 1.77. The first kappa shape index (κ1) is 19.9. The molecule has 0 bridgehead atoms. The average Bonchev–Trinajstić information content (AvgIpc) is 2.88. The summed E-state index contributed by atoms with van der Waals surface area (Å²) < 4.78 is 29.1. The average molecular weight is 393 g/mol. The molecule has 0 spiro atoms. The minimum absolute atomic E-state index is 0.431. The zero-order chi connectivity index (χ0) is 19.8. The molecule has 0 saturated carbocycles. The lowest BCUT2D eigenvalue weighted by atomic mass is 9.93. The highest BCUT2D eigenvalue weighted by atomic mass is 32.2. The fourth-order valence-electron chi connectivity index (χ4n) is 3.60. The molecule has 1 saturated heterocycles. The van der Waals surface area contributed by atoms with E-state index >= 15 is 0 Å². The van der Waals surface area contributed by atoms with Gasteiger partial charge < -0.3 is 0 Å². The molecule has 2 aromatic heterocycles. The Bertz CT molecular complexity index is 897. The summed E-state index contributed by atoms with van der Waals surface area (Å²) in [6, 6.07) is 0. The second-order valence-corrected chi connectivity index (χ2v) is 9.54. The van der Waals surface area contributed by atoms with Gasteiger partial charge in [-0.05, 0) is 39.0 Å². The maximum Gasteiger partial charge on any atom is 0.281 e. The Morgan fingerprint density at radius 3 is 2.30 bits per heavy atom. The lowest BCUT2D eigenvalue weighted by molar-refractivity contribution is 0.261. The van der Waals surface area contributed by atoms with Crippen molar-refractivity contribution in [2.24, 2.45) is 13.0 Å². The highest BCUT2D eigenvalue weighted by Crippen LogP contribution is 2.26. The van der Waals surface area contributed by atoms with Crippen LogP contribution in [0.2, 0.25) is 0 Å². The maximum absolute atomic E-state index is 12.2. The van der Waals surface area contributed by atoms with Gasteiger partial charge in [-0.3, -0.25) is 14.6 Å². The van der Waals surface area contributed by atoms with Crippen molar-refractivity contribution in [3.05, 3.63) is 29.5 Å². The molecular weight excluding hydrogens is 364 g/mol. The molecule has 148 valence electrons. The second-order valence-electron chi connectivity index (χ2n) is 7.40. The summed E-state index contributed by atoms with van der Waals surface area (Å²) in [6.45, 7) is 5.13. The van der Waals surface area contributed by atoms with Gasteiger partial charge in [0.15, 0.2) is 0 Å². The van der Waals surface area contributed by atoms with Crippen LogP contribution in [0.15, 0.2) is 12.4 Å². The molecule has 0 N–H and O–H groups in total. The molecule has 1 aliphatic rings. The van der Waals surface area contributed by atoms with E-state index in [0.29, 0.717) is 19.0 Å². The summed E-state index contributed by atoms with van der Waals surface area (Å²) in [5, 5.41) is 4.43. The molecule has 0 unspecified atom stereocenters. The Labute approximate surface area is 161 Å². The molecule has 27 heavy (non-hydrogen) atoms. The first-order chi connectivity index (χ1) is 12.7. The number of aromatic nitrogens is 4. The monoisotopic (exact) mass is 392 g/mol. The van der Waals surface area contributed by atoms with Crippen molar-refractivity contribution in [2.45, 2.75) is 33.1 Å². The van der Waals surface area contributed by atoms with Crippen molar-refractivity contribution in [2.75, 3.05) is 27.2 Å². The van der Waals surface area contributed by atoms with Gasteiger partial charge in [-0.15, -0.1) is 0 Å². The van der Waals surface area contributed by atoms with Gasteiger partial charge in [0.05, 0.1) is 23.3 Å². The predicted molar refractivity (Wildman–Crippen MR) is 104 cm³/mol. The molecule has 2 aromatic rings. The van der Waals surface area contributed by atoms with E-state index in [1.54, 1.807) is 18.4 Å². The Balaban J connectivity index is 1.63. The molecule has 0 radical (unpaired) electrons. The number of aryl methyl sites for hydroxylation is 2. The van der Waals surface area contributed by atoms with Crippen LogP contribution in [-0.4, -0.2) is 64.0 Å². The highest BCUT2D eigenvalue weighted by molar-refractivity contribution is 7.86. The molecule has 3 rings (SSSR count). The fraction of sp³-hybridized carbons (Fsp3) is 0.611. The van der Waals surface area contributed by atoms with E-state index in [9.17, 15) is 8.42 Å². The van der Waals surface area contributed by atoms with Crippen LogP contribution in [-0.2, 0) is 23.7 Å². The number of rotatable bonds is 5. The normalized spacial score (nSPS) is 17.0. The fourth-order valence-corrected chi connectivity index (χ4v) is 4.74. The Hall–Kier alpha value is -1.84. The number of hydrogen-bond donors (Lipinski definition) is 0. The molecule has 9 heteroatoms. The molecule has 3 heterocycles. The lowest BCUT2D eigenvalue weighted by Crippen LogP contribution is -2.44. The van der Waals surface area contributed by atoms with Gasteiger partial charge in [0.25, 0.3) is 10.2 Å². The molecular formula is C18H28N6O2S. The quantitative estimate of drug-likeness (QED) is 0.771. The van der Waals surface area contributed by atoms with Crippen LogP contribution in [0.5, 0.6) is 0 Å². The van der Waals surface area contributed by atoms with E-state index in [2.05, 4.69) is 15.1 Å². The van der Waals surface area contributed by atoms with Gasteiger partial charge in [-0.25, -0.2) is 0 Å². The summed E-state index contributed by atoms with van der Waals surface area (Å²) >= 11 is 0. The van der Waals surface area contributed by atoms with Gasteiger partial charge in [-0.1, -0.05) is 0 Å². The van der Waals surface area contributed by atoms with Crippen molar-refractivity contribution in [1.29, 1.82) is 0 Å². The van der Waals surface area contributed by atoms with Crippen LogP contribution >= 0.6 is 0 Å². The topological polar surface area (TPSA) is 84.2 Å². The van der Waals surface area contributed by atoms with Crippen molar-refractivity contribution in [3.63, 3.8) is 0 Å². The van der Waals surface area contributed by atoms with Gasteiger partial charge in [0.2, 0.25) is 0 Å². The lowest BCUT2D eigenvalue weighted by Gasteiger charge is -2.32. The van der Waals surface area contributed by atoms with Crippen molar-refractivity contribution >= 4 is 10.2 Å². The molecule has 1 fully saturated rings. The SMILES string of the molecule is Cc1nn(C)c(C)c1-c1cnc(CC2CCN(S(=O)(=O)N(C)C)CC2)cn1. The summed E-state index contributed by atoms with van der Waals surface area (Å²) in [5.74, 6) is 0.431. The van der Waals surface area contributed by atoms with Crippen LogP contribution in [0.1, 0.15) is 29.9 Å². The third kappa shape index (κ3) is 4.04. The highest BCUT2D eigenvalue weighted by Gasteiger charge is 2.29. The van der Waals surface area contributed by atoms with E-state index in [1.807, 2.05) is 38.0 Å². The van der Waals surface area contributed by atoms with E-state index in [0.717, 1.165) is 47.6 Å². The van der Waals surface area contributed by atoms with E-state index in [1.165, 1.54) is 4.31 Å². The van der Waals surface area contributed by atoms with Crippen molar-refractivity contribution < 1.29 is 8.42 Å². The molecule has 8 nitrogen and oxygen atoms in total. The standard InChI is InChI=1S/C18H28N6O2S/c1-13-18(14(2)23(5)21-13)17-12-19-16(11-20-17)10-15-6-8-24(9-7-15)27(25,26)22(3)4/h11-12,15H,6-10H2,1-5H3. The third-order valence-electron chi connectivity index (χ3n) is 5.33. The van der Waals surface area contributed by atoms with E-state index in [-0.39, 0.29) is 0 Å². The van der Waals surface area contributed by atoms with Crippen LogP contribution < -0.4 is 0 Å². The minimum Gasteiger partial charge on any atom is -0.272 e. The van der Waals surface area contributed by atoms with Crippen LogP contribution in [0.4, 0.5) is 0 Å². The van der Waals surface area contributed by atoms with Gasteiger partial charge in [-0.2, -0.15) is 22.1 Å². The number of piperidine rings is 1. The first-order valence-corrected chi connectivity index (χ1v) is 10.6. The van der Waals surface area contributed by atoms with Crippen molar-refractivity contribution in [3.8, 4) is 11.3 Å². The molecule has 0 amide bonds. The Morgan fingerprint density at radius 2 is 1.81 bits per heavy atom. The molecule has 0 aromatic carbocycles. The van der Waals surface area contributed by atoms with E-state index < -0.39 is 10.2 Å². The van der Waals surface area contributed by atoms with Crippen molar-refractivity contribution in [1.82, 2.24) is 28.4 Å². The number of hydrogen-bond acceptors (Lipinski definition) is 5. The second kappa shape index (κ2) is 7.65. The zero-order valence-corrected chi connectivity index (χ0v) is 17.5. The first-order valence-electron chi connectivity index (χ1n) is 9.19. The largest absolute Gasteiger partial charge is 0.281 e. The summed E-state index contributed by atoms with van der Waals surface area (Å²) in [4.78, 5) is 9.20. The van der Waals surface area contributed by atoms with E-state index in [4.69, 9.17) is 0 Å². The maximum atomic E-state index is 12.2. The van der Waals surface area contributed by atoms with Gasteiger partial charge in [0.1, 0.15) is 0 Å². The zero-order valence-electron chi connectivity index (χ0n) is 16.7. The smallest absolute Gasteiger partial charge is 0.272 e. The van der Waals surface area contributed by atoms with Crippen LogP contribution in [0.25, 0.3) is 11.3 Å².